The van der Waals surface area contributed by atoms with E-state index in [-0.39, 0.29) is 17.5 Å². The van der Waals surface area contributed by atoms with Gasteiger partial charge in [0.05, 0.1) is 11.6 Å². The third kappa shape index (κ3) is 3.87. The van der Waals surface area contributed by atoms with Crippen molar-refractivity contribution in [2.24, 2.45) is 0 Å². The first kappa shape index (κ1) is 16.3. The summed E-state index contributed by atoms with van der Waals surface area (Å²) in [6.45, 7) is 1.74. The third-order valence-electron chi connectivity index (χ3n) is 3.34. The molecule has 0 unspecified atom stereocenters. The molecule has 0 saturated heterocycles. The molecule has 2 aromatic carbocycles. The molecule has 0 atom stereocenters. The maximum atomic E-state index is 13.8. The van der Waals surface area contributed by atoms with Crippen molar-refractivity contribution in [1.29, 1.82) is 5.26 Å². The van der Waals surface area contributed by atoms with Gasteiger partial charge in [0.25, 0.3) is 0 Å². The lowest BCUT2D eigenvalue weighted by molar-refractivity contribution is 0.590. The van der Waals surface area contributed by atoms with E-state index in [1.54, 1.807) is 37.3 Å². The van der Waals surface area contributed by atoms with Gasteiger partial charge in [-0.3, -0.25) is 0 Å². The largest absolute Gasteiger partial charge is 0.335 e. The summed E-state index contributed by atoms with van der Waals surface area (Å²) in [5.74, 6) is -0.896. The van der Waals surface area contributed by atoms with E-state index in [2.05, 4.69) is 20.6 Å². The summed E-state index contributed by atoms with van der Waals surface area (Å²) in [5, 5.41) is 14.4. The third-order valence-corrected chi connectivity index (χ3v) is 3.34. The maximum absolute atomic E-state index is 13.8. The topological polar surface area (TPSA) is 73.6 Å². The fraction of sp³-hybridized carbons (Fsp3) is 0.0556. The van der Waals surface area contributed by atoms with Crippen LogP contribution in [0.2, 0.25) is 0 Å². The second-order valence-electron chi connectivity index (χ2n) is 5.25. The van der Waals surface area contributed by atoms with E-state index in [0.29, 0.717) is 16.9 Å². The molecule has 0 amide bonds. The molecule has 0 aliphatic carbocycles. The highest BCUT2D eigenvalue weighted by Gasteiger charge is 2.10. The summed E-state index contributed by atoms with van der Waals surface area (Å²) < 4.78 is 27.5. The smallest absolute Gasteiger partial charge is 0.229 e. The van der Waals surface area contributed by atoms with Crippen molar-refractivity contribution in [2.75, 3.05) is 10.6 Å². The molecule has 7 heteroatoms. The molecule has 1 heterocycles. The molecule has 0 saturated carbocycles. The highest BCUT2D eigenvalue weighted by Crippen LogP contribution is 2.23. The first-order chi connectivity index (χ1) is 12.0. The van der Waals surface area contributed by atoms with E-state index in [4.69, 9.17) is 5.26 Å². The Kier molecular flexibility index (Phi) is 4.53. The summed E-state index contributed by atoms with van der Waals surface area (Å²) in [7, 11) is 0. The van der Waals surface area contributed by atoms with Gasteiger partial charge >= 0.3 is 0 Å². The number of halogens is 2. The second kappa shape index (κ2) is 6.93. The van der Waals surface area contributed by atoms with Crippen molar-refractivity contribution < 1.29 is 8.78 Å². The minimum absolute atomic E-state index is 0.257. The number of hydrogen-bond acceptors (Lipinski definition) is 5. The number of rotatable bonds is 4. The number of hydrogen-bond donors (Lipinski definition) is 2. The van der Waals surface area contributed by atoms with Crippen LogP contribution in [0, 0.1) is 29.9 Å². The Morgan fingerprint density at radius 1 is 0.960 bits per heavy atom. The van der Waals surface area contributed by atoms with Gasteiger partial charge < -0.3 is 10.6 Å². The maximum Gasteiger partial charge on any atom is 0.229 e. The van der Waals surface area contributed by atoms with E-state index in [0.717, 1.165) is 12.1 Å². The number of anilines is 4. The van der Waals surface area contributed by atoms with Crippen molar-refractivity contribution in [2.45, 2.75) is 6.92 Å². The average molecular weight is 337 g/mol. The van der Waals surface area contributed by atoms with Crippen molar-refractivity contribution in [3.8, 4) is 6.07 Å². The molecule has 5 nitrogen and oxygen atoms in total. The van der Waals surface area contributed by atoms with Gasteiger partial charge in [0.2, 0.25) is 5.95 Å². The van der Waals surface area contributed by atoms with Gasteiger partial charge in [0.1, 0.15) is 23.1 Å². The van der Waals surface area contributed by atoms with Gasteiger partial charge in [-0.2, -0.15) is 10.2 Å². The predicted molar refractivity (Wildman–Crippen MR) is 90.8 cm³/mol. The second-order valence-corrected chi connectivity index (χ2v) is 5.25. The fourth-order valence-corrected chi connectivity index (χ4v) is 2.19. The molecule has 0 fully saturated rings. The van der Waals surface area contributed by atoms with E-state index < -0.39 is 11.6 Å². The molecule has 0 spiro atoms. The monoisotopic (exact) mass is 337 g/mol. The molecule has 0 radical (unpaired) electrons. The highest BCUT2D eigenvalue weighted by molar-refractivity contribution is 5.61. The van der Waals surface area contributed by atoms with Crippen LogP contribution in [-0.4, -0.2) is 9.97 Å². The van der Waals surface area contributed by atoms with Gasteiger partial charge in [-0.15, -0.1) is 0 Å². The van der Waals surface area contributed by atoms with Crippen LogP contribution in [0.3, 0.4) is 0 Å². The minimum Gasteiger partial charge on any atom is -0.335 e. The molecule has 3 rings (SSSR count). The highest BCUT2D eigenvalue weighted by atomic mass is 19.1. The number of nitrogens with zero attached hydrogens (tertiary/aromatic N) is 3. The van der Waals surface area contributed by atoms with Crippen LogP contribution in [0.25, 0.3) is 0 Å². The molecule has 25 heavy (non-hydrogen) atoms. The van der Waals surface area contributed by atoms with Gasteiger partial charge in [0, 0.05) is 17.4 Å². The zero-order valence-electron chi connectivity index (χ0n) is 13.2. The minimum atomic E-state index is -0.710. The number of nitriles is 1. The number of para-hydroxylation sites is 1. The van der Waals surface area contributed by atoms with Gasteiger partial charge in [-0.1, -0.05) is 6.07 Å². The Hall–Kier alpha value is -3.53. The van der Waals surface area contributed by atoms with Crippen molar-refractivity contribution in [3.05, 3.63) is 71.4 Å². The molecule has 2 N–H and O–H groups in total. The fourth-order valence-electron chi connectivity index (χ4n) is 2.19. The Bertz CT molecular complexity index is 928. The molecule has 1 aromatic heterocycles. The SMILES string of the molecule is Cc1cc(Nc2c(F)cccc2F)nc(Nc2ccc(C#N)cc2)n1. The molecule has 0 aliphatic heterocycles. The lowest BCUT2D eigenvalue weighted by Crippen LogP contribution is -2.04. The predicted octanol–water partition coefficient (Wildman–Crippen LogP) is 4.42. The van der Waals surface area contributed by atoms with Crippen LogP contribution in [-0.2, 0) is 0 Å². The summed E-state index contributed by atoms with van der Waals surface area (Å²) in [6.07, 6.45) is 0. The number of aromatic nitrogens is 2. The normalized spacial score (nSPS) is 10.2. The molecule has 0 aliphatic rings. The van der Waals surface area contributed by atoms with Gasteiger partial charge in [0.15, 0.2) is 0 Å². The lowest BCUT2D eigenvalue weighted by atomic mass is 10.2. The molecule has 124 valence electrons. The first-order valence-electron chi connectivity index (χ1n) is 7.39. The molecule has 3 aromatic rings. The van der Waals surface area contributed by atoms with E-state index in [1.165, 1.54) is 6.07 Å². The summed E-state index contributed by atoms with van der Waals surface area (Å²) in [5.41, 5.74) is 1.57. The molecular formula is C18H13F2N5. The summed E-state index contributed by atoms with van der Waals surface area (Å²) in [4.78, 5) is 8.46. The van der Waals surface area contributed by atoms with Crippen LogP contribution < -0.4 is 10.6 Å². The van der Waals surface area contributed by atoms with Gasteiger partial charge in [-0.25, -0.2) is 13.8 Å². The zero-order chi connectivity index (χ0) is 17.8. The van der Waals surface area contributed by atoms with Crippen molar-refractivity contribution >= 4 is 23.1 Å². The quantitative estimate of drug-likeness (QED) is 0.737. The summed E-state index contributed by atoms with van der Waals surface area (Å²) >= 11 is 0. The van der Waals surface area contributed by atoms with Crippen LogP contribution >= 0.6 is 0 Å². The average Bonchev–Trinajstić information content (AvgIpc) is 2.58. The van der Waals surface area contributed by atoms with Crippen molar-refractivity contribution in [1.82, 2.24) is 9.97 Å². The van der Waals surface area contributed by atoms with E-state index in [9.17, 15) is 8.78 Å². The van der Waals surface area contributed by atoms with Crippen LogP contribution in [0.15, 0.2) is 48.5 Å². The number of nitrogens with one attached hydrogen (secondary N) is 2. The Labute approximate surface area is 143 Å². The van der Waals surface area contributed by atoms with Crippen LogP contribution in [0.5, 0.6) is 0 Å². The number of benzene rings is 2. The lowest BCUT2D eigenvalue weighted by Gasteiger charge is -2.11. The molecular weight excluding hydrogens is 324 g/mol. The van der Waals surface area contributed by atoms with E-state index >= 15 is 0 Å². The summed E-state index contributed by atoms with van der Waals surface area (Å²) in [6, 6.07) is 14.0. The first-order valence-corrected chi connectivity index (χ1v) is 7.39. The van der Waals surface area contributed by atoms with Crippen LogP contribution in [0.1, 0.15) is 11.3 Å². The zero-order valence-corrected chi connectivity index (χ0v) is 13.2. The molecule has 0 bridgehead atoms. The Morgan fingerprint density at radius 2 is 1.64 bits per heavy atom. The van der Waals surface area contributed by atoms with E-state index in [1.807, 2.05) is 6.07 Å². The number of aryl methyl sites for hydroxylation is 1. The van der Waals surface area contributed by atoms with Crippen molar-refractivity contribution in [3.63, 3.8) is 0 Å². The van der Waals surface area contributed by atoms with Gasteiger partial charge in [-0.05, 0) is 43.3 Å². The Morgan fingerprint density at radius 3 is 2.28 bits per heavy atom. The van der Waals surface area contributed by atoms with Crippen LogP contribution in [0.4, 0.5) is 31.9 Å². The Balaban J connectivity index is 1.86. The standard InChI is InChI=1S/C18H13F2N5/c1-11-9-16(24-17-14(19)3-2-4-15(17)20)25-18(22-11)23-13-7-5-12(10-21)6-8-13/h2-9H,1H3,(H2,22,23,24,25).